The Hall–Kier alpha value is -1.65. The van der Waals surface area contributed by atoms with Crippen LogP contribution in [0, 0.1) is 0 Å². The van der Waals surface area contributed by atoms with Gasteiger partial charge in [0.2, 0.25) is 5.82 Å². The summed E-state index contributed by atoms with van der Waals surface area (Å²) in [5.41, 5.74) is 0.427. The number of carbonyl (C=O) groups excluding carboxylic acids is 1. The predicted molar refractivity (Wildman–Crippen MR) is 66.4 cm³/mol. The van der Waals surface area contributed by atoms with E-state index in [1.165, 1.54) is 12.4 Å². The molecule has 0 fully saturated rings. The Bertz CT molecular complexity index is 546. The summed E-state index contributed by atoms with van der Waals surface area (Å²) in [7, 11) is 0. The first kappa shape index (κ1) is 11.8. The van der Waals surface area contributed by atoms with Gasteiger partial charge in [-0.1, -0.05) is 29.3 Å². The molecule has 2 rings (SSSR count). The van der Waals surface area contributed by atoms with E-state index in [0.717, 1.165) is 0 Å². The number of halogens is 2. The molecule has 0 radical (unpaired) electrons. The number of benzene rings is 1. The highest BCUT2D eigenvalue weighted by molar-refractivity contribution is 6.44. The summed E-state index contributed by atoms with van der Waals surface area (Å²) in [4.78, 5) is 19.4. The van der Waals surface area contributed by atoms with Crippen LogP contribution < -0.4 is 5.32 Å². The van der Waals surface area contributed by atoms with E-state index >= 15 is 0 Å². The number of aromatic nitrogens is 2. The smallest absolute Gasteiger partial charge is 0.293 e. The van der Waals surface area contributed by atoms with Crippen LogP contribution in [0.3, 0.4) is 0 Å². The molecular weight excluding hydrogens is 261 g/mol. The maximum Gasteiger partial charge on any atom is 0.293 e. The summed E-state index contributed by atoms with van der Waals surface area (Å²) >= 11 is 11.8. The summed E-state index contributed by atoms with van der Waals surface area (Å²) < 4.78 is 0. The van der Waals surface area contributed by atoms with Crippen LogP contribution in [0.15, 0.2) is 36.7 Å². The Morgan fingerprint density at radius 2 is 1.82 bits per heavy atom. The Kier molecular flexibility index (Phi) is 3.56. The van der Waals surface area contributed by atoms with Crippen LogP contribution >= 0.6 is 23.2 Å². The number of hydrogen-bond donors (Lipinski definition) is 1. The summed E-state index contributed by atoms with van der Waals surface area (Å²) in [5, 5.41) is 3.25. The predicted octanol–water partition coefficient (Wildman–Crippen LogP) is 3.04. The number of hydrogen-bond acceptors (Lipinski definition) is 3. The van der Waals surface area contributed by atoms with Crippen LogP contribution in [0.5, 0.6) is 0 Å². The number of amides is 1. The van der Waals surface area contributed by atoms with Gasteiger partial charge in [-0.05, 0) is 18.2 Å². The van der Waals surface area contributed by atoms with Crippen LogP contribution in [0.1, 0.15) is 10.6 Å². The lowest BCUT2D eigenvalue weighted by atomic mass is 10.3. The van der Waals surface area contributed by atoms with Crippen molar-refractivity contribution in [3.63, 3.8) is 0 Å². The molecule has 1 amide bonds. The fourth-order valence-corrected chi connectivity index (χ4v) is 1.54. The van der Waals surface area contributed by atoms with Gasteiger partial charge in [0.25, 0.3) is 5.91 Å². The number of rotatable bonds is 2. The summed E-state index contributed by atoms with van der Waals surface area (Å²) in [5.74, 6) is -0.363. The number of nitrogens with one attached hydrogen (secondary N) is 1. The van der Waals surface area contributed by atoms with E-state index in [-0.39, 0.29) is 5.82 Å². The second-order valence-electron chi connectivity index (χ2n) is 3.13. The summed E-state index contributed by atoms with van der Waals surface area (Å²) in [6, 6.07) is 6.60. The Morgan fingerprint density at radius 3 is 2.53 bits per heavy atom. The Labute approximate surface area is 108 Å². The van der Waals surface area contributed by atoms with Gasteiger partial charge < -0.3 is 5.32 Å². The molecule has 0 spiro atoms. The highest BCUT2D eigenvalue weighted by atomic mass is 35.5. The van der Waals surface area contributed by atoms with E-state index in [1.807, 2.05) is 0 Å². The zero-order valence-electron chi connectivity index (χ0n) is 8.52. The van der Waals surface area contributed by atoms with Gasteiger partial charge in [-0.2, -0.15) is 0 Å². The minimum absolute atomic E-state index is 0.0727. The van der Waals surface area contributed by atoms with Gasteiger partial charge in [0.1, 0.15) is 0 Å². The van der Waals surface area contributed by atoms with Crippen molar-refractivity contribution in [3.05, 3.63) is 52.5 Å². The molecule has 17 heavy (non-hydrogen) atoms. The molecule has 1 heterocycles. The summed E-state index contributed by atoms with van der Waals surface area (Å²) in [6.07, 6.45) is 2.98. The third-order valence-electron chi connectivity index (χ3n) is 1.97. The fraction of sp³-hybridized carbons (Fsp3) is 0. The van der Waals surface area contributed by atoms with Crippen LogP contribution in [0.4, 0.5) is 5.69 Å². The second-order valence-corrected chi connectivity index (χ2v) is 3.91. The third-order valence-corrected chi connectivity index (χ3v) is 2.79. The van der Waals surface area contributed by atoms with Crippen LogP contribution in [-0.2, 0) is 0 Å². The van der Waals surface area contributed by atoms with Crippen molar-refractivity contribution < 1.29 is 4.79 Å². The van der Waals surface area contributed by atoms with Crippen LogP contribution in [0.2, 0.25) is 10.0 Å². The highest BCUT2D eigenvalue weighted by Gasteiger charge is 2.11. The van der Waals surface area contributed by atoms with Crippen molar-refractivity contribution in [1.29, 1.82) is 0 Å². The minimum Gasteiger partial charge on any atom is -0.318 e. The van der Waals surface area contributed by atoms with Gasteiger partial charge >= 0.3 is 0 Å². The van der Waals surface area contributed by atoms with Crippen molar-refractivity contribution >= 4 is 34.8 Å². The first-order valence-corrected chi connectivity index (χ1v) is 5.46. The van der Waals surface area contributed by atoms with Gasteiger partial charge in [-0.25, -0.2) is 9.97 Å². The number of anilines is 1. The topological polar surface area (TPSA) is 54.9 Å². The SMILES string of the molecule is O=C(Nc1cccc(Cl)c1Cl)c1ncccn1. The van der Waals surface area contributed by atoms with Crippen molar-refractivity contribution in [1.82, 2.24) is 9.97 Å². The van der Waals surface area contributed by atoms with E-state index in [1.54, 1.807) is 24.3 Å². The first-order valence-electron chi connectivity index (χ1n) is 4.71. The van der Waals surface area contributed by atoms with Crippen LogP contribution in [0.25, 0.3) is 0 Å². The third kappa shape index (κ3) is 2.72. The molecule has 0 bridgehead atoms. The largest absolute Gasteiger partial charge is 0.318 e. The average molecular weight is 268 g/mol. The molecule has 86 valence electrons. The molecule has 1 aromatic carbocycles. The zero-order chi connectivity index (χ0) is 12.3. The van der Waals surface area contributed by atoms with E-state index < -0.39 is 5.91 Å². The Balaban J connectivity index is 2.22. The second kappa shape index (κ2) is 5.12. The molecule has 0 unspecified atom stereocenters. The summed E-state index contributed by atoms with van der Waals surface area (Å²) in [6.45, 7) is 0. The van der Waals surface area contributed by atoms with Gasteiger partial charge in [0.05, 0.1) is 15.7 Å². The molecule has 0 saturated carbocycles. The first-order chi connectivity index (χ1) is 8.18. The van der Waals surface area contributed by atoms with Gasteiger partial charge in [-0.15, -0.1) is 0 Å². The number of carbonyl (C=O) groups is 1. The van der Waals surface area contributed by atoms with Crippen molar-refractivity contribution in [2.24, 2.45) is 0 Å². The lowest BCUT2D eigenvalue weighted by Gasteiger charge is -2.06. The molecule has 0 atom stereocenters. The zero-order valence-corrected chi connectivity index (χ0v) is 10.0. The van der Waals surface area contributed by atoms with Crippen LogP contribution in [-0.4, -0.2) is 15.9 Å². The molecule has 2 aromatic rings. The minimum atomic E-state index is -0.435. The Morgan fingerprint density at radius 1 is 1.12 bits per heavy atom. The van der Waals surface area contributed by atoms with Gasteiger partial charge in [0, 0.05) is 12.4 Å². The molecule has 1 N–H and O–H groups in total. The fourth-order valence-electron chi connectivity index (χ4n) is 1.19. The standard InChI is InChI=1S/C11H7Cl2N3O/c12-7-3-1-4-8(9(7)13)16-11(17)10-14-5-2-6-15-10/h1-6H,(H,16,17). The lowest BCUT2D eigenvalue weighted by Crippen LogP contribution is -2.15. The lowest BCUT2D eigenvalue weighted by molar-refractivity contribution is 0.101. The quantitative estimate of drug-likeness (QED) is 0.910. The molecule has 0 aliphatic carbocycles. The van der Waals surface area contributed by atoms with Crippen molar-refractivity contribution in [3.8, 4) is 0 Å². The van der Waals surface area contributed by atoms with E-state index in [0.29, 0.717) is 15.7 Å². The number of nitrogens with zero attached hydrogens (tertiary/aromatic N) is 2. The van der Waals surface area contributed by atoms with Crippen molar-refractivity contribution in [2.45, 2.75) is 0 Å². The average Bonchev–Trinajstić information content (AvgIpc) is 2.36. The van der Waals surface area contributed by atoms with E-state index in [2.05, 4.69) is 15.3 Å². The molecule has 0 aliphatic rings. The highest BCUT2D eigenvalue weighted by Crippen LogP contribution is 2.29. The molecule has 6 heteroatoms. The van der Waals surface area contributed by atoms with Crippen molar-refractivity contribution in [2.75, 3.05) is 5.32 Å². The molecule has 4 nitrogen and oxygen atoms in total. The van der Waals surface area contributed by atoms with Gasteiger partial charge in [0.15, 0.2) is 0 Å². The molecule has 0 aliphatic heterocycles. The maximum absolute atomic E-state index is 11.7. The normalized spacial score (nSPS) is 10.0. The molecular formula is C11H7Cl2N3O. The molecule has 0 saturated heterocycles. The maximum atomic E-state index is 11.7. The van der Waals surface area contributed by atoms with Gasteiger partial charge in [-0.3, -0.25) is 4.79 Å². The molecule has 1 aromatic heterocycles. The van der Waals surface area contributed by atoms with E-state index in [4.69, 9.17) is 23.2 Å². The van der Waals surface area contributed by atoms with E-state index in [9.17, 15) is 4.79 Å². The monoisotopic (exact) mass is 267 g/mol.